The Morgan fingerprint density at radius 1 is 1.04 bits per heavy atom. The van der Waals surface area contributed by atoms with Crippen LogP contribution in [-0.2, 0) is 19.1 Å². The molecule has 1 aliphatic rings. The van der Waals surface area contributed by atoms with Gasteiger partial charge in [0.05, 0.1) is 18.7 Å². The Hall–Kier alpha value is -3.41. The lowest BCUT2D eigenvalue weighted by atomic mass is 9.95. The van der Waals surface area contributed by atoms with E-state index in [9.17, 15) is 19.5 Å². The molecule has 1 unspecified atom stereocenters. The van der Waals surface area contributed by atoms with E-state index in [1.165, 1.54) is 7.11 Å². The van der Waals surface area contributed by atoms with Crippen LogP contribution in [0.1, 0.15) is 17.2 Å². The number of esters is 1. The van der Waals surface area contributed by atoms with Crippen molar-refractivity contribution < 1.29 is 24.2 Å². The number of ketones is 1. The summed E-state index contributed by atoms with van der Waals surface area (Å²) in [5, 5.41) is 10.7. The Labute approximate surface area is 150 Å². The highest BCUT2D eigenvalue weighted by Crippen LogP contribution is 2.39. The number of aliphatic hydroxyl groups is 1. The predicted octanol–water partition coefficient (Wildman–Crippen LogP) is 2.28. The number of carbonyl (C=O) groups is 3. The number of Topliss-reactive ketones (excluding diaryl/α,β-unsaturated/α-hetero) is 1. The number of nitrogens with zero attached hydrogens (tertiary/aromatic N) is 1. The second kappa shape index (κ2) is 7.23. The van der Waals surface area contributed by atoms with Gasteiger partial charge in [-0.15, -0.1) is 0 Å². The number of hydrogen-bond donors (Lipinski definition) is 1. The highest BCUT2D eigenvalue weighted by Gasteiger charge is 2.46. The maximum absolute atomic E-state index is 12.6. The van der Waals surface area contributed by atoms with Gasteiger partial charge in [-0.1, -0.05) is 60.7 Å². The van der Waals surface area contributed by atoms with Crippen molar-refractivity contribution in [2.45, 2.75) is 6.04 Å². The van der Waals surface area contributed by atoms with Gasteiger partial charge in [0.25, 0.3) is 11.7 Å². The predicted molar refractivity (Wildman–Crippen MR) is 93.9 cm³/mol. The quantitative estimate of drug-likeness (QED) is 0.395. The van der Waals surface area contributed by atoms with Gasteiger partial charge in [0.2, 0.25) is 0 Å². The number of aliphatic hydroxyl groups excluding tert-OH is 1. The summed E-state index contributed by atoms with van der Waals surface area (Å²) in [5.41, 5.74) is 0.994. The van der Waals surface area contributed by atoms with Gasteiger partial charge in [-0.2, -0.15) is 0 Å². The molecule has 1 atom stereocenters. The molecule has 1 N–H and O–H groups in total. The van der Waals surface area contributed by atoms with Gasteiger partial charge in [0.15, 0.2) is 0 Å². The number of rotatable bonds is 4. The molecule has 1 heterocycles. The molecule has 6 heteroatoms. The molecule has 2 aromatic rings. The van der Waals surface area contributed by atoms with Crippen LogP contribution >= 0.6 is 0 Å². The van der Waals surface area contributed by atoms with E-state index in [2.05, 4.69) is 4.74 Å². The van der Waals surface area contributed by atoms with E-state index < -0.39 is 23.7 Å². The molecular formula is C20H17NO5. The van der Waals surface area contributed by atoms with Gasteiger partial charge in [0.1, 0.15) is 12.3 Å². The Morgan fingerprint density at radius 3 is 2.19 bits per heavy atom. The molecule has 26 heavy (non-hydrogen) atoms. The minimum Gasteiger partial charge on any atom is -0.507 e. The van der Waals surface area contributed by atoms with Gasteiger partial charge >= 0.3 is 5.97 Å². The van der Waals surface area contributed by atoms with Crippen LogP contribution in [0.25, 0.3) is 5.76 Å². The number of likely N-dealkylation sites (tertiary alicyclic amines) is 1. The lowest BCUT2D eigenvalue weighted by Gasteiger charge is -2.24. The molecule has 0 spiro atoms. The fraction of sp³-hybridized carbons (Fsp3) is 0.150. The highest BCUT2D eigenvalue weighted by molar-refractivity contribution is 6.46. The first-order valence-corrected chi connectivity index (χ1v) is 8.00. The van der Waals surface area contributed by atoms with E-state index in [0.29, 0.717) is 11.1 Å². The molecule has 132 valence electrons. The Balaban J connectivity index is 2.16. The molecule has 0 radical (unpaired) electrons. The molecular weight excluding hydrogens is 334 g/mol. The van der Waals surface area contributed by atoms with Crippen LogP contribution in [0.3, 0.4) is 0 Å². The molecule has 1 amide bonds. The van der Waals surface area contributed by atoms with Crippen molar-refractivity contribution in [2.75, 3.05) is 13.7 Å². The normalized spacial score (nSPS) is 18.8. The lowest BCUT2D eigenvalue weighted by molar-refractivity contribution is -0.148. The molecule has 0 saturated carbocycles. The lowest BCUT2D eigenvalue weighted by Crippen LogP contribution is -2.35. The number of methoxy groups -OCH3 is 1. The average molecular weight is 351 g/mol. The van der Waals surface area contributed by atoms with Gasteiger partial charge in [-0.25, -0.2) is 0 Å². The van der Waals surface area contributed by atoms with Crippen molar-refractivity contribution >= 4 is 23.4 Å². The van der Waals surface area contributed by atoms with E-state index in [1.807, 2.05) is 0 Å². The maximum atomic E-state index is 12.6. The van der Waals surface area contributed by atoms with Gasteiger partial charge in [0, 0.05) is 5.56 Å². The zero-order chi connectivity index (χ0) is 18.7. The van der Waals surface area contributed by atoms with E-state index in [0.717, 1.165) is 4.90 Å². The van der Waals surface area contributed by atoms with Crippen LogP contribution in [0.4, 0.5) is 0 Å². The summed E-state index contributed by atoms with van der Waals surface area (Å²) >= 11 is 0. The van der Waals surface area contributed by atoms with Crippen LogP contribution in [0.5, 0.6) is 0 Å². The molecule has 1 fully saturated rings. The zero-order valence-electron chi connectivity index (χ0n) is 14.1. The third kappa shape index (κ3) is 3.09. The average Bonchev–Trinajstić information content (AvgIpc) is 2.93. The molecule has 1 saturated heterocycles. The van der Waals surface area contributed by atoms with Crippen molar-refractivity contribution in [2.24, 2.45) is 0 Å². The molecule has 2 aromatic carbocycles. The summed E-state index contributed by atoms with van der Waals surface area (Å²) in [4.78, 5) is 38.0. The monoisotopic (exact) mass is 351 g/mol. The van der Waals surface area contributed by atoms with Crippen molar-refractivity contribution in [3.63, 3.8) is 0 Å². The maximum Gasteiger partial charge on any atom is 0.325 e. The van der Waals surface area contributed by atoms with Crippen LogP contribution < -0.4 is 0 Å². The minimum absolute atomic E-state index is 0.0451. The van der Waals surface area contributed by atoms with E-state index in [4.69, 9.17) is 0 Å². The summed E-state index contributed by atoms with van der Waals surface area (Å²) in [5.74, 6) is -2.59. The minimum atomic E-state index is -0.865. The summed E-state index contributed by atoms with van der Waals surface area (Å²) in [6.45, 7) is -0.383. The van der Waals surface area contributed by atoms with Gasteiger partial charge < -0.3 is 14.7 Å². The molecule has 6 nitrogen and oxygen atoms in total. The Morgan fingerprint density at radius 2 is 1.62 bits per heavy atom. The van der Waals surface area contributed by atoms with Crippen molar-refractivity contribution in [1.29, 1.82) is 0 Å². The number of carbonyl (C=O) groups excluding carboxylic acids is 3. The smallest absolute Gasteiger partial charge is 0.325 e. The van der Waals surface area contributed by atoms with Crippen molar-refractivity contribution in [3.8, 4) is 0 Å². The third-order valence-corrected chi connectivity index (χ3v) is 4.23. The van der Waals surface area contributed by atoms with Gasteiger partial charge in [-0.05, 0) is 5.56 Å². The van der Waals surface area contributed by atoms with Crippen LogP contribution in [-0.4, -0.2) is 41.3 Å². The zero-order valence-corrected chi connectivity index (χ0v) is 14.1. The van der Waals surface area contributed by atoms with Crippen LogP contribution in [0.15, 0.2) is 66.2 Å². The molecule has 0 bridgehead atoms. The molecule has 0 aromatic heterocycles. The standard InChI is InChI=1S/C20H17NO5/c1-26-15(22)12-21-17(13-8-4-2-5-9-13)16(19(24)20(21)25)18(23)14-10-6-3-7-11-14/h2-11,17,23H,12H2,1H3/b18-16-. The Bertz CT molecular complexity index is 874. The second-order valence-corrected chi connectivity index (χ2v) is 5.78. The third-order valence-electron chi connectivity index (χ3n) is 4.23. The second-order valence-electron chi connectivity index (χ2n) is 5.78. The number of benzene rings is 2. The first-order chi connectivity index (χ1) is 12.5. The summed E-state index contributed by atoms with van der Waals surface area (Å²) in [7, 11) is 1.21. The summed E-state index contributed by atoms with van der Waals surface area (Å²) in [6.07, 6.45) is 0. The van der Waals surface area contributed by atoms with Crippen LogP contribution in [0.2, 0.25) is 0 Å². The fourth-order valence-electron chi connectivity index (χ4n) is 2.98. The highest BCUT2D eigenvalue weighted by atomic mass is 16.5. The SMILES string of the molecule is COC(=O)CN1C(=O)C(=O)/C(=C(\O)c2ccccc2)C1c1ccccc1. The molecule has 1 aliphatic heterocycles. The topological polar surface area (TPSA) is 83.9 Å². The van der Waals surface area contributed by atoms with Crippen molar-refractivity contribution in [3.05, 3.63) is 77.4 Å². The van der Waals surface area contributed by atoms with E-state index in [1.54, 1.807) is 60.7 Å². The first kappa shape index (κ1) is 17.4. The van der Waals surface area contributed by atoms with Crippen LogP contribution in [0, 0.1) is 0 Å². The van der Waals surface area contributed by atoms with E-state index in [-0.39, 0.29) is 17.9 Å². The molecule has 3 rings (SSSR count). The molecule has 0 aliphatic carbocycles. The largest absolute Gasteiger partial charge is 0.507 e. The fourth-order valence-corrected chi connectivity index (χ4v) is 2.98. The number of hydrogen-bond acceptors (Lipinski definition) is 5. The summed E-state index contributed by atoms with van der Waals surface area (Å²) < 4.78 is 4.64. The van der Waals surface area contributed by atoms with E-state index >= 15 is 0 Å². The van der Waals surface area contributed by atoms with Gasteiger partial charge in [-0.3, -0.25) is 14.4 Å². The van der Waals surface area contributed by atoms with Crippen molar-refractivity contribution in [1.82, 2.24) is 4.90 Å². The summed E-state index contributed by atoms with van der Waals surface area (Å²) in [6, 6.07) is 16.4. The first-order valence-electron chi connectivity index (χ1n) is 8.00. The Kier molecular flexibility index (Phi) is 4.84. The number of ether oxygens (including phenoxy) is 1. The number of amides is 1.